The van der Waals surface area contributed by atoms with Crippen LogP contribution in [-0.4, -0.2) is 11.1 Å². The van der Waals surface area contributed by atoms with E-state index < -0.39 is 11.4 Å². The summed E-state index contributed by atoms with van der Waals surface area (Å²) in [6, 6.07) is 0. The van der Waals surface area contributed by atoms with Crippen molar-refractivity contribution < 1.29 is 32.3 Å². The van der Waals surface area contributed by atoms with Gasteiger partial charge in [0.15, 0.2) is 0 Å². The zero-order valence-corrected chi connectivity index (χ0v) is 8.92. The number of hydrogen-bond donors (Lipinski definition) is 1. The Kier molecular flexibility index (Phi) is 6.22. The van der Waals surface area contributed by atoms with Crippen LogP contribution in [0.3, 0.4) is 0 Å². The van der Waals surface area contributed by atoms with Crippen LogP contribution in [0, 0.1) is 11.3 Å². The number of carboxylic acids is 1. The van der Waals surface area contributed by atoms with E-state index in [4.69, 9.17) is 5.11 Å². The van der Waals surface area contributed by atoms with Gasteiger partial charge in [-0.25, -0.2) is 0 Å². The summed E-state index contributed by atoms with van der Waals surface area (Å²) in [5.74, 6) is -0.257. The standard InChI is InChI=1S/C8H16O2.Ag/c1-6(2)5-8(3,4)7(9)10;/h6H,5H2,1-4H3,(H,9,10);. The zero-order chi connectivity index (χ0) is 8.36. The van der Waals surface area contributed by atoms with E-state index in [-0.39, 0.29) is 22.4 Å². The minimum absolute atomic E-state index is 0. The van der Waals surface area contributed by atoms with Gasteiger partial charge < -0.3 is 5.11 Å². The van der Waals surface area contributed by atoms with Gasteiger partial charge in [0.1, 0.15) is 0 Å². The first-order valence-electron chi connectivity index (χ1n) is 3.59. The van der Waals surface area contributed by atoms with Crippen molar-refractivity contribution in [1.82, 2.24) is 0 Å². The summed E-state index contributed by atoms with van der Waals surface area (Å²) in [4.78, 5) is 10.6. The molecule has 0 saturated carbocycles. The molecule has 1 N–H and O–H groups in total. The number of carbonyl (C=O) groups is 1. The first-order chi connectivity index (χ1) is 4.36. The second-order valence-corrected chi connectivity index (χ2v) is 3.79. The van der Waals surface area contributed by atoms with Crippen LogP contribution in [0.2, 0.25) is 0 Å². The minimum atomic E-state index is -0.707. The fourth-order valence-corrected chi connectivity index (χ4v) is 1.11. The second kappa shape index (κ2) is 4.96. The molecule has 0 aliphatic heterocycles. The number of carboxylic acid groups (broad SMARTS) is 1. The summed E-state index contributed by atoms with van der Waals surface area (Å²) in [6.07, 6.45) is 0.738. The van der Waals surface area contributed by atoms with Gasteiger partial charge in [0.25, 0.3) is 0 Å². The topological polar surface area (TPSA) is 37.3 Å². The molecule has 0 aliphatic carbocycles. The van der Waals surface area contributed by atoms with Crippen LogP contribution < -0.4 is 0 Å². The zero-order valence-electron chi connectivity index (χ0n) is 7.44. The van der Waals surface area contributed by atoms with Gasteiger partial charge in [-0.05, 0) is 26.2 Å². The first kappa shape index (κ1) is 13.8. The van der Waals surface area contributed by atoms with Crippen LogP contribution >= 0.6 is 0 Å². The Labute approximate surface area is 83.9 Å². The van der Waals surface area contributed by atoms with Gasteiger partial charge in [0.05, 0.1) is 5.41 Å². The third kappa shape index (κ3) is 5.48. The van der Waals surface area contributed by atoms with E-state index in [9.17, 15) is 4.79 Å². The van der Waals surface area contributed by atoms with Crippen molar-refractivity contribution in [2.45, 2.75) is 34.1 Å². The molecule has 0 aromatic rings. The van der Waals surface area contributed by atoms with E-state index in [1.807, 2.05) is 13.8 Å². The number of hydrogen-bond acceptors (Lipinski definition) is 1. The van der Waals surface area contributed by atoms with Crippen LogP contribution in [0.4, 0.5) is 0 Å². The largest absolute Gasteiger partial charge is 0.481 e. The first-order valence-corrected chi connectivity index (χ1v) is 3.59. The summed E-state index contributed by atoms with van der Waals surface area (Å²) in [6.45, 7) is 7.58. The van der Waals surface area contributed by atoms with Crippen molar-refractivity contribution in [2.24, 2.45) is 11.3 Å². The Hall–Kier alpha value is 0.210. The fraction of sp³-hybridized carbons (Fsp3) is 0.875. The van der Waals surface area contributed by atoms with E-state index in [1.165, 1.54) is 0 Å². The van der Waals surface area contributed by atoms with Crippen molar-refractivity contribution in [3.05, 3.63) is 0 Å². The van der Waals surface area contributed by atoms with E-state index in [0.717, 1.165) is 6.42 Å². The Morgan fingerprint density at radius 3 is 1.91 bits per heavy atom. The van der Waals surface area contributed by atoms with E-state index in [0.29, 0.717) is 5.92 Å². The maximum atomic E-state index is 10.6. The maximum absolute atomic E-state index is 10.6. The summed E-state index contributed by atoms with van der Waals surface area (Å²) >= 11 is 0. The molecule has 0 bridgehead atoms. The molecule has 0 unspecified atom stereocenters. The van der Waals surface area contributed by atoms with Gasteiger partial charge in [0.2, 0.25) is 0 Å². The molecule has 1 radical (unpaired) electrons. The molecule has 0 rings (SSSR count). The van der Waals surface area contributed by atoms with Crippen LogP contribution in [0.1, 0.15) is 34.1 Å². The maximum Gasteiger partial charge on any atom is 0.309 e. The SMILES string of the molecule is CC(C)CC(C)(C)C(=O)O.[Ag]. The molecule has 0 saturated heterocycles. The van der Waals surface area contributed by atoms with Crippen molar-refractivity contribution in [3.63, 3.8) is 0 Å². The second-order valence-electron chi connectivity index (χ2n) is 3.79. The number of rotatable bonds is 3. The predicted molar refractivity (Wildman–Crippen MR) is 40.9 cm³/mol. The van der Waals surface area contributed by atoms with Gasteiger partial charge >= 0.3 is 5.97 Å². The van der Waals surface area contributed by atoms with Gasteiger partial charge in [-0.2, -0.15) is 0 Å². The molecule has 11 heavy (non-hydrogen) atoms. The molecule has 0 heterocycles. The molecule has 71 valence electrons. The molecular weight excluding hydrogens is 236 g/mol. The van der Waals surface area contributed by atoms with Crippen LogP contribution in [0.25, 0.3) is 0 Å². The predicted octanol–water partition coefficient (Wildman–Crippen LogP) is 2.14. The van der Waals surface area contributed by atoms with Gasteiger partial charge in [-0.1, -0.05) is 13.8 Å². The molecule has 0 fully saturated rings. The third-order valence-corrected chi connectivity index (χ3v) is 1.50. The van der Waals surface area contributed by atoms with E-state index in [1.54, 1.807) is 13.8 Å². The van der Waals surface area contributed by atoms with Crippen molar-refractivity contribution >= 4 is 5.97 Å². The fourth-order valence-electron chi connectivity index (χ4n) is 1.11. The molecule has 0 aromatic carbocycles. The number of aliphatic carboxylic acids is 1. The van der Waals surface area contributed by atoms with Crippen LogP contribution in [-0.2, 0) is 27.2 Å². The molecular formula is C8H16AgO2. The van der Waals surface area contributed by atoms with E-state index in [2.05, 4.69) is 0 Å². The monoisotopic (exact) mass is 251 g/mol. The van der Waals surface area contributed by atoms with Crippen LogP contribution in [0.15, 0.2) is 0 Å². The molecule has 3 heteroatoms. The summed E-state index contributed by atoms with van der Waals surface area (Å²) in [5, 5.41) is 8.69. The van der Waals surface area contributed by atoms with Gasteiger partial charge in [0, 0.05) is 22.4 Å². The van der Waals surface area contributed by atoms with Crippen molar-refractivity contribution in [2.75, 3.05) is 0 Å². The molecule has 0 aliphatic rings. The molecule has 0 atom stereocenters. The quantitative estimate of drug-likeness (QED) is 0.781. The Morgan fingerprint density at radius 1 is 1.45 bits per heavy atom. The molecule has 2 nitrogen and oxygen atoms in total. The Morgan fingerprint density at radius 2 is 1.82 bits per heavy atom. The van der Waals surface area contributed by atoms with E-state index >= 15 is 0 Å². The average Bonchev–Trinajstić information content (AvgIpc) is 1.60. The molecule has 0 spiro atoms. The normalized spacial score (nSPS) is 11.0. The summed E-state index contributed by atoms with van der Waals surface area (Å²) in [5.41, 5.74) is -0.561. The van der Waals surface area contributed by atoms with Crippen molar-refractivity contribution in [3.8, 4) is 0 Å². The average molecular weight is 252 g/mol. The smallest absolute Gasteiger partial charge is 0.309 e. The summed E-state index contributed by atoms with van der Waals surface area (Å²) in [7, 11) is 0. The van der Waals surface area contributed by atoms with Gasteiger partial charge in [-0.3, -0.25) is 4.79 Å². The minimum Gasteiger partial charge on any atom is -0.481 e. The Bertz CT molecular complexity index is 130. The molecule has 0 aromatic heterocycles. The third-order valence-electron chi connectivity index (χ3n) is 1.50. The molecule has 0 amide bonds. The van der Waals surface area contributed by atoms with Crippen molar-refractivity contribution in [1.29, 1.82) is 0 Å². The summed E-state index contributed by atoms with van der Waals surface area (Å²) < 4.78 is 0. The van der Waals surface area contributed by atoms with Gasteiger partial charge in [-0.15, -0.1) is 0 Å². The van der Waals surface area contributed by atoms with Crippen LogP contribution in [0.5, 0.6) is 0 Å². The Balaban J connectivity index is 0.